The van der Waals surface area contributed by atoms with Crippen LogP contribution in [0.5, 0.6) is 0 Å². The quantitative estimate of drug-likeness (QED) is 0.884. The maximum atomic E-state index is 12.3. The molecule has 2 aliphatic rings. The first-order valence-corrected chi connectivity index (χ1v) is 8.74. The van der Waals surface area contributed by atoms with Gasteiger partial charge in [-0.1, -0.05) is 0 Å². The minimum atomic E-state index is -0.648. The summed E-state index contributed by atoms with van der Waals surface area (Å²) in [5, 5.41) is 15.0. The van der Waals surface area contributed by atoms with E-state index in [-0.39, 0.29) is 5.56 Å². The van der Waals surface area contributed by atoms with E-state index in [1.54, 1.807) is 10.9 Å². The number of hydrogen-bond donors (Lipinski definition) is 2. The van der Waals surface area contributed by atoms with Crippen molar-refractivity contribution < 1.29 is 5.11 Å². The highest BCUT2D eigenvalue weighted by atomic mass is 16.3. The maximum Gasteiger partial charge on any atom is 0.255 e. The number of likely N-dealkylation sites (tertiary alicyclic amines) is 1. The molecular formula is C17H23N5O2. The van der Waals surface area contributed by atoms with E-state index in [0.29, 0.717) is 5.95 Å². The van der Waals surface area contributed by atoms with Gasteiger partial charge in [0.25, 0.3) is 5.56 Å². The van der Waals surface area contributed by atoms with Gasteiger partial charge in [-0.2, -0.15) is 5.10 Å². The summed E-state index contributed by atoms with van der Waals surface area (Å²) in [6.07, 6.45) is 7.02. The Morgan fingerprint density at radius 1 is 1.21 bits per heavy atom. The molecule has 7 nitrogen and oxygen atoms in total. The number of rotatable bonds is 3. The average Bonchev–Trinajstić information content (AvgIpc) is 3.24. The predicted molar refractivity (Wildman–Crippen MR) is 89.1 cm³/mol. The largest absolute Gasteiger partial charge is 0.374 e. The van der Waals surface area contributed by atoms with Gasteiger partial charge in [-0.15, -0.1) is 0 Å². The second-order valence-corrected chi connectivity index (χ2v) is 6.74. The molecule has 7 heteroatoms. The molecule has 4 rings (SSSR count). The smallest absolute Gasteiger partial charge is 0.255 e. The van der Waals surface area contributed by atoms with Crippen LogP contribution in [0.2, 0.25) is 0 Å². The van der Waals surface area contributed by atoms with E-state index in [0.717, 1.165) is 74.1 Å². The van der Waals surface area contributed by atoms with Crippen LogP contribution in [0.3, 0.4) is 0 Å². The Labute approximate surface area is 140 Å². The summed E-state index contributed by atoms with van der Waals surface area (Å²) >= 11 is 0. The highest BCUT2D eigenvalue weighted by molar-refractivity contribution is 5.29. The van der Waals surface area contributed by atoms with E-state index < -0.39 is 6.23 Å². The van der Waals surface area contributed by atoms with Crippen LogP contribution >= 0.6 is 0 Å². The highest BCUT2D eigenvalue weighted by Crippen LogP contribution is 2.26. The summed E-state index contributed by atoms with van der Waals surface area (Å²) in [6.45, 7) is 3.71. The molecule has 3 heterocycles. The molecule has 128 valence electrons. The molecule has 0 radical (unpaired) electrons. The normalized spacial score (nSPS) is 19.4. The maximum absolute atomic E-state index is 12.3. The van der Waals surface area contributed by atoms with Crippen LogP contribution < -0.4 is 5.56 Å². The fraction of sp³-hybridized carbons (Fsp3) is 0.588. The SMILES string of the molecule is Cc1c(C(O)N2CCCC2)cnn1-c1nc2c(c(=O)[nH]1)CCCC2. The topological polar surface area (TPSA) is 87.0 Å². The fourth-order valence-electron chi connectivity index (χ4n) is 3.76. The summed E-state index contributed by atoms with van der Waals surface area (Å²) in [5.41, 5.74) is 3.22. The van der Waals surface area contributed by atoms with Crippen molar-refractivity contribution in [3.8, 4) is 5.95 Å². The van der Waals surface area contributed by atoms with Gasteiger partial charge in [0.1, 0.15) is 6.23 Å². The van der Waals surface area contributed by atoms with E-state index in [1.807, 2.05) is 6.92 Å². The predicted octanol–water partition coefficient (Wildman–Crippen LogP) is 1.23. The lowest BCUT2D eigenvalue weighted by Gasteiger charge is -2.22. The van der Waals surface area contributed by atoms with Gasteiger partial charge in [-0.3, -0.25) is 14.7 Å². The number of fused-ring (bicyclic) bond motifs is 1. The Hall–Kier alpha value is -1.99. The van der Waals surface area contributed by atoms with Crippen LogP contribution in [0.25, 0.3) is 5.95 Å². The lowest BCUT2D eigenvalue weighted by molar-refractivity contribution is 0.0185. The minimum absolute atomic E-state index is 0.0637. The number of aromatic nitrogens is 4. The zero-order chi connectivity index (χ0) is 16.7. The van der Waals surface area contributed by atoms with Crippen LogP contribution in [-0.2, 0) is 12.8 Å². The first-order valence-electron chi connectivity index (χ1n) is 8.74. The molecule has 1 fully saturated rings. The van der Waals surface area contributed by atoms with Gasteiger partial charge < -0.3 is 5.11 Å². The van der Waals surface area contributed by atoms with Crippen molar-refractivity contribution in [1.82, 2.24) is 24.6 Å². The van der Waals surface area contributed by atoms with Crippen LogP contribution in [-0.4, -0.2) is 42.8 Å². The molecule has 0 amide bonds. The Bertz CT molecular complexity index is 804. The third kappa shape index (κ3) is 2.57. The number of H-pyrrole nitrogens is 1. The molecule has 1 aliphatic heterocycles. The Kier molecular flexibility index (Phi) is 3.97. The number of nitrogens with one attached hydrogen (secondary N) is 1. The van der Waals surface area contributed by atoms with E-state index in [9.17, 15) is 9.90 Å². The zero-order valence-corrected chi connectivity index (χ0v) is 14.0. The number of hydrogen-bond acceptors (Lipinski definition) is 5. The van der Waals surface area contributed by atoms with Crippen molar-refractivity contribution >= 4 is 0 Å². The summed E-state index contributed by atoms with van der Waals surface area (Å²) in [5.74, 6) is 0.443. The molecule has 1 unspecified atom stereocenters. The second-order valence-electron chi connectivity index (χ2n) is 6.74. The summed E-state index contributed by atoms with van der Waals surface area (Å²) in [4.78, 5) is 21.9. The fourth-order valence-corrected chi connectivity index (χ4v) is 3.76. The number of aryl methyl sites for hydroxylation is 1. The molecule has 2 aromatic heterocycles. The summed E-state index contributed by atoms with van der Waals surface area (Å²) < 4.78 is 1.63. The molecule has 0 aromatic carbocycles. The number of aliphatic hydroxyl groups excluding tert-OH is 1. The van der Waals surface area contributed by atoms with Crippen molar-refractivity contribution in [1.29, 1.82) is 0 Å². The van der Waals surface area contributed by atoms with Crippen LogP contribution in [0, 0.1) is 6.92 Å². The molecular weight excluding hydrogens is 306 g/mol. The number of nitrogens with zero attached hydrogens (tertiary/aromatic N) is 4. The van der Waals surface area contributed by atoms with Crippen molar-refractivity contribution in [3.63, 3.8) is 0 Å². The van der Waals surface area contributed by atoms with Gasteiger partial charge in [0.2, 0.25) is 5.95 Å². The minimum Gasteiger partial charge on any atom is -0.374 e. The lowest BCUT2D eigenvalue weighted by atomic mass is 9.97. The van der Waals surface area contributed by atoms with Gasteiger partial charge in [-0.05, 0) is 45.4 Å². The summed E-state index contributed by atoms with van der Waals surface area (Å²) in [7, 11) is 0. The monoisotopic (exact) mass is 329 g/mol. The average molecular weight is 329 g/mol. The molecule has 2 aromatic rings. The standard InChI is InChI=1S/C17H23N5O2/c1-11-13(16(24)21-8-4-5-9-21)10-18-22(11)17-19-14-7-3-2-6-12(14)15(23)20-17/h10,16,24H,2-9H2,1H3,(H,19,20,23). The van der Waals surface area contributed by atoms with Gasteiger partial charge in [0.15, 0.2) is 0 Å². The summed E-state index contributed by atoms with van der Waals surface area (Å²) in [6, 6.07) is 0. The van der Waals surface area contributed by atoms with Crippen molar-refractivity contribution in [3.05, 3.63) is 39.1 Å². The van der Waals surface area contributed by atoms with Crippen molar-refractivity contribution in [2.45, 2.75) is 51.7 Å². The Morgan fingerprint density at radius 3 is 2.75 bits per heavy atom. The number of aromatic amines is 1. The molecule has 2 N–H and O–H groups in total. The molecule has 0 saturated carbocycles. The van der Waals surface area contributed by atoms with Crippen LogP contribution in [0.4, 0.5) is 0 Å². The van der Waals surface area contributed by atoms with E-state index >= 15 is 0 Å². The number of aliphatic hydroxyl groups is 1. The van der Waals surface area contributed by atoms with Gasteiger partial charge in [-0.25, -0.2) is 9.67 Å². The molecule has 1 saturated heterocycles. The highest BCUT2D eigenvalue weighted by Gasteiger charge is 2.25. The molecule has 1 atom stereocenters. The molecule has 24 heavy (non-hydrogen) atoms. The van der Waals surface area contributed by atoms with Gasteiger partial charge in [0.05, 0.1) is 17.6 Å². The molecule has 0 spiro atoms. The van der Waals surface area contributed by atoms with Crippen LogP contribution in [0.1, 0.15) is 54.4 Å². The van der Waals surface area contributed by atoms with E-state index in [4.69, 9.17) is 0 Å². The third-order valence-electron chi connectivity index (χ3n) is 5.19. The van der Waals surface area contributed by atoms with E-state index in [2.05, 4.69) is 20.0 Å². The zero-order valence-electron chi connectivity index (χ0n) is 14.0. The van der Waals surface area contributed by atoms with E-state index in [1.165, 1.54) is 0 Å². The molecule has 1 aliphatic carbocycles. The van der Waals surface area contributed by atoms with Gasteiger partial charge >= 0.3 is 0 Å². The van der Waals surface area contributed by atoms with Crippen molar-refractivity contribution in [2.24, 2.45) is 0 Å². The third-order valence-corrected chi connectivity index (χ3v) is 5.19. The van der Waals surface area contributed by atoms with Crippen LogP contribution in [0.15, 0.2) is 11.0 Å². The molecule has 0 bridgehead atoms. The first kappa shape index (κ1) is 15.5. The Balaban J connectivity index is 1.70. The second kappa shape index (κ2) is 6.14. The van der Waals surface area contributed by atoms with Crippen molar-refractivity contribution in [2.75, 3.05) is 13.1 Å². The first-order chi connectivity index (χ1) is 11.6. The lowest BCUT2D eigenvalue weighted by Crippen LogP contribution is -2.26. The van der Waals surface area contributed by atoms with Gasteiger partial charge in [0, 0.05) is 24.2 Å². The Morgan fingerprint density at radius 2 is 1.96 bits per heavy atom.